The van der Waals surface area contributed by atoms with E-state index in [4.69, 9.17) is 15.2 Å². The fraction of sp³-hybridized carbons (Fsp3) is 0.133. The first kappa shape index (κ1) is 28.0. The molecule has 1 fully saturated rings. The van der Waals surface area contributed by atoms with Crippen molar-refractivity contribution in [1.29, 1.82) is 0 Å². The summed E-state index contributed by atoms with van der Waals surface area (Å²) in [5.74, 6) is 2.57. The van der Waals surface area contributed by atoms with Gasteiger partial charge in [-0.2, -0.15) is 0 Å². The van der Waals surface area contributed by atoms with Crippen molar-refractivity contribution in [1.82, 2.24) is 14.5 Å². The lowest BCUT2D eigenvalue weighted by Gasteiger charge is -2.24. The third-order valence-electron chi connectivity index (χ3n) is 6.24. The van der Waals surface area contributed by atoms with Crippen LogP contribution in [0.15, 0.2) is 77.9 Å². The number of pyridine rings is 2. The van der Waals surface area contributed by atoms with Gasteiger partial charge in [0.25, 0.3) is 17.4 Å². The predicted octanol–water partition coefficient (Wildman–Crippen LogP) is 3.35. The minimum Gasteiger partial charge on any atom is -0.453 e. The number of aromatic nitrogens is 2. The molecule has 1 aliphatic heterocycles. The molecule has 0 atom stereocenters. The minimum absolute atomic E-state index is 0.00627. The van der Waals surface area contributed by atoms with Crippen molar-refractivity contribution in [3.63, 3.8) is 0 Å². The Morgan fingerprint density at radius 2 is 1.79 bits per heavy atom. The van der Waals surface area contributed by atoms with E-state index in [2.05, 4.69) is 22.1 Å². The van der Waals surface area contributed by atoms with Gasteiger partial charge in [-0.25, -0.2) is 13.8 Å². The summed E-state index contributed by atoms with van der Waals surface area (Å²) < 4.78 is 40.5. The smallest absolute Gasteiger partial charge is 0.298 e. The van der Waals surface area contributed by atoms with Crippen LogP contribution in [0.25, 0.3) is 5.69 Å². The minimum atomic E-state index is -0.830. The summed E-state index contributed by atoms with van der Waals surface area (Å²) in [5, 5.41) is 2.49. The van der Waals surface area contributed by atoms with Crippen LogP contribution in [0.3, 0.4) is 0 Å². The summed E-state index contributed by atoms with van der Waals surface area (Å²) in [6.07, 6.45) is 2.80. The largest absolute Gasteiger partial charge is 0.453 e. The molecule has 4 aromatic rings. The van der Waals surface area contributed by atoms with Crippen LogP contribution in [0.1, 0.15) is 15.9 Å². The predicted molar refractivity (Wildman–Crippen MR) is 149 cm³/mol. The fourth-order valence-electron chi connectivity index (χ4n) is 4.08. The van der Waals surface area contributed by atoms with Crippen LogP contribution >= 0.6 is 0 Å². The van der Waals surface area contributed by atoms with Gasteiger partial charge in [0, 0.05) is 54.9 Å². The molecule has 5 rings (SSSR count). The molecule has 2 aromatic heterocycles. The molecule has 10 nitrogen and oxygen atoms in total. The Labute approximate surface area is 238 Å². The highest BCUT2D eigenvalue weighted by Gasteiger charge is 2.17. The fourth-order valence-corrected chi connectivity index (χ4v) is 4.08. The molecule has 0 radical (unpaired) electrons. The van der Waals surface area contributed by atoms with Crippen LogP contribution in [0.5, 0.6) is 11.5 Å². The van der Waals surface area contributed by atoms with E-state index in [1.54, 1.807) is 4.90 Å². The van der Waals surface area contributed by atoms with E-state index in [-0.39, 0.29) is 34.1 Å². The number of anilines is 2. The number of halogens is 2. The lowest BCUT2D eigenvalue weighted by atomic mass is 10.2. The molecule has 2 aromatic carbocycles. The first-order chi connectivity index (χ1) is 20.3. The van der Waals surface area contributed by atoms with E-state index in [9.17, 15) is 18.8 Å². The maximum Gasteiger partial charge on any atom is 0.298 e. The number of rotatable bonds is 5. The zero-order valence-electron chi connectivity index (χ0n) is 22.0. The van der Waals surface area contributed by atoms with Gasteiger partial charge in [-0.1, -0.05) is 0 Å². The van der Waals surface area contributed by atoms with E-state index in [0.29, 0.717) is 32.0 Å². The van der Waals surface area contributed by atoms with Crippen molar-refractivity contribution in [3.05, 3.63) is 106 Å². The Balaban J connectivity index is 1.32. The molecule has 0 bridgehead atoms. The number of hydrogen-bond donors (Lipinski definition) is 2. The maximum absolute atomic E-state index is 15.0. The molecule has 0 spiro atoms. The zero-order chi connectivity index (χ0) is 29.6. The Kier molecular flexibility index (Phi) is 8.22. The highest BCUT2D eigenvalue weighted by molar-refractivity contribution is 6.04. The summed E-state index contributed by atoms with van der Waals surface area (Å²) >= 11 is 0. The standard InChI is InChI=1S/C30H23F2N5O5/c31-19-3-6-21(7-4-19)37-13-1-2-23(30(37)40)29(39)35-20-5-9-26(24(32)18-20)42-25-11-12-34-28(33)22(25)8-10-27(38)36-14-16-41-17-15-36/h1-7,9,11-13,18H,14-17H2,(H2,33,34)(H,35,39). The lowest BCUT2D eigenvalue weighted by molar-refractivity contribution is -0.129. The van der Waals surface area contributed by atoms with E-state index in [1.165, 1.54) is 71.6 Å². The van der Waals surface area contributed by atoms with Crippen molar-refractivity contribution in [2.24, 2.45) is 0 Å². The number of nitrogens with two attached hydrogens (primary N) is 1. The third-order valence-corrected chi connectivity index (χ3v) is 6.24. The van der Waals surface area contributed by atoms with Gasteiger partial charge in [0.15, 0.2) is 11.6 Å². The SMILES string of the molecule is Nc1nccc(Oc2ccc(NC(=O)c3cccn(-c4ccc(F)cc4)c3=O)cc2F)c1C#CC(=O)N1CCOCC1. The zero-order valence-corrected chi connectivity index (χ0v) is 22.0. The summed E-state index contributed by atoms with van der Waals surface area (Å²) in [5.41, 5.74) is 5.65. The van der Waals surface area contributed by atoms with Crippen LogP contribution in [0.2, 0.25) is 0 Å². The number of carbonyl (C=O) groups excluding carboxylic acids is 2. The van der Waals surface area contributed by atoms with Gasteiger partial charge >= 0.3 is 0 Å². The molecule has 1 saturated heterocycles. The maximum atomic E-state index is 15.0. The number of ether oxygens (including phenoxy) is 2. The third kappa shape index (κ3) is 6.27. The van der Waals surface area contributed by atoms with E-state index >= 15 is 4.39 Å². The van der Waals surface area contributed by atoms with Crippen molar-refractivity contribution in [2.45, 2.75) is 0 Å². The first-order valence-corrected chi connectivity index (χ1v) is 12.7. The van der Waals surface area contributed by atoms with Crippen molar-refractivity contribution < 1.29 is 27.8 Å². The Hall–Kier alpha value is -5.54. The van der Waals surface area contributed by atoms with Gasteiger partial charge < -0.3 is 25.4 Å². The van der Waals surface area contributed by atoms with Gasteiger partial charge in [0.1, 0.15) is 28.5 Å². The molecular formula is C30H23F2N5O5. The molecule has 42 heavy (non-hydrogen) atoms. The average Bonchev–Trinajstić information content (AvgIpc) is 2.99. The topological polar surface area (TPSA) is 129 Å². The number of morpholine rings is 1. The van der Waals surface area contributed by atoms with Crippen molar-refractivity contribution in [3.8, 4) is 29.0 Å². The Morgan fingerprint density at radius 1 is 1.02 bits per heavy atom. The van der Waals surface area contributed by atoms with Gasteiger partial charge in [-0.05, 0) is 54.5 Å². The number of nitrogen functional groups attached to an aromatic ring is 1. The first-order valence-electron chi connectivity index (χ1n) is 12.7. The number of benzene rings is 2. The average molecular weight is 572 g/mol. The number of nitrogens with zero attached hydrogens (tertiary/aromatic N) is 3. The van der Waals surface area contributed by atoms with Crippen molar-refractivity contribution in [2.75, 3.05) is 37.4 Å². The van der Waals surface area contributed by atoms with Gasteiger partial charge in [0.2, 0.25) is 0 Å². The van der Waals surface area contributed by atoms with Crippen molar-refractivity contribution >= 4 is 23.3 Å². The molecule has 0 unspecified atom stereocenters. The molecule has 12 heteroatoms. The molecule has 212 valence electrons. The second kappa shape index (κ2) is 12.3. The summed E-state index contributed by atoms with van der Waals surface area (Å²) in [6, 6.07) is 13.1. The Morgan fingerprint density at radius 3 is 2.52 bits per heavy atom. The molecule has 0 aliphatic carbocycles. The van der Waals surface area contributed by atoms with Gasteiger partial charge in [-0.3, -0.25) is 19.0 Å². The van der Waals surface area contributed by atoms with Crippen LogP contribution < -0.4 is 21.3 Å². The summed E-state index contributed by atoms with van der Waals surface area (Å²) in [4.78, 5) is 43.7. The van der Waals surface area contributed by atoms with E-state index in [0.717, 1.165) is 6.07 Å². The quantitative estimate of drug-likeness (QED) is 0.352. The molecule has 0 saturated carbocycles. The highest BCUT2D eigenvalue weighted by atomic mass is 19.1. The number of hydrogen-bond acceptors (Lipinski definition) is 7. The highest BCUT2D eigenvalue weighted by Crippen LogP contribution is 2.30. The van der Waals surface area contributed by atoms with Crippen LogP contribution in [-0.2, 0) is 9.53 Å². The van der Waals surface area contributed by atoms with E-state index in [1.807, 2.05) is 0 Å². The van der Waals surface area contributed by atoms with Gasteiger partial charge in [-0.15, -0.1) is 0 Å². The van der Waals surface area contributed by atoms with Crippen LogP contribution in [0, 0.1) is 23.5 Å². The van der Waals surface area contributed by atoms with Crippen LogP contribution in [0.4, 0.5) is 20.3 Å². The monoisotopic (exact) mass is 571 g/mol. The summed E-state index contributed by atoms with van der Waals surface area (Å²) in [6.45, 7) is 1.68. The van der Waals surface area contributed by atoms with E-state index < -0.39 is 29.0 Å². The molecule has 3 N–H and O–H groups in total. The second-order valence-corrected chi connectivity index (χ2v) is 9.00. The molecule has 3 heterocycles. The molecule has 2 amide bonds. The number of nitrogens with one attached hydrogen (secondary N) is 1. The normalized spacial score (nSPS) is 12.7. The lowest BCUT2D eigenvalue weighted by Crippen LogP contribution is -2.40. The van der Waals surface area contributed by atoms with Gasteiger partial charge in [0.05, 0.1) is 13.2 Å². The molecular weight excluding hydrogens is 548 g/mol. The molecule has 1 aliphatic rings. The second-order valence-electron chi connectivity index (χ2n) is 9.00. The number of carbonyl (C=O) groups is 2. The summed E-state index contributed by atoms with van der Waals surface area (Å²) in [7, 11) is 0. The number of amides is 2. The van der Waals surface area contributed by atoms with Crippen LogP contribution in [-0.4, -0.2) is 52.6 Å². The Bertz CT molecular complexity index is 1770.